The molecule has 1 heterocycles. The fourth-order valence-electron chi connectivity index (χ4n) is 4.52. The summed E-state index contributed by atoms with van der Waals surface area (Å²) in [7, 11) is 0. The fraction of sp³-hybridized carbons (Fsp3) is 0.529. The van der Waals surface area contributed by atoms with E-state index in [0.29, 0.717) is 24.1 Å². The first-order valence-electron chi connectivity index (χ1n) is 7.81. The molecule has 4 unspecified atom stereocenters. The quantitative estimate of drug-likeness (QED) is 0.802. The minimum Gasteiger partial charge on any atom is -0.494 e. The molecule has 0 radical (unpaired) electrons. The van der Waals surface area contributed by atoms with E-state index in [9.17, 15) is 9.59 Å². The molecule has 3 aliphatic rings. The van der Waals surface area contributed by atoms with Crippen LogP contribution in [0.3, 0.4) is 0 Å². The Morgan fingerprint density at radius 2 is 1.62 bits per heavy atom. The van der Waals surface area contributed by atoms with Gasteiger partial charge in [-0.25, -0.2) is 0 Å². The number of benzene rings is 1. The summed E-state index contributed by atoms with van der Waals surface area (Å²) in [6.07, 6.45) is 3.30. The summed E-state index contributed by atoms with van der Waals surface area (Å²) in [5.41, 5.74) is 0.683. The maximum absolute atomic E-state index is 12.7. The molecule has 1 aliphatic heterocycles. The minimum atomic E-state index is -0.0529. The van der Waals surface area contributed by atoms with Gasteiger partial charge >= 0.3 is 0 Å². The summed E-state index contributed by atoms with van der Waals surface area (Å²) in [5, 5.41) is 0. The third kappa shape index (κ3) is 1.74. The first kappa shape index (κ1) is 12.9. The lowest BCUT2D eigenvalue weighted by Gasteiger charge is -2.19. The number of anilines is 1. The molecule has 4 nitrogen and oxygen atoms in total. The van der Waals surface area contributed by atoms with E-state index < -0.39 is 0 Å². The maximum atomic E-state index is 12.7. The number of hydrogen-bond acceptors (Lipinski definition) is 3. The number of fused-ring (bicyclic) bond motifs is 5. The highest BCUT2D eigenvalue weighted by Gasteiger charge is 2.61. The van der Waals surface area contributed by atoms with Crippen LogP contribution in [0.15, 0.2) is 24.3 Å². The first-order valence-corrected chi connectivity index (χ1v) is 7.81. The van der Waals surface area contributed by atoms with Crippen molar-refractivity contribution in [1.29, 1.82) is 0 Å². The van der Waals surface area contributed by atoms with Crippen LogP contribution >= 0.6 is 0 Å². The highest BCUT2D eigenvalue weighted by atomic mass is 16.5. The van der Waals surface area contributed by atoms with Crippen LogP contribution < -0.4 is 9.64 Å². The number of imide groups is 1. The number of hydrogen-bond donors (Lipinski definition) is 0. The van der Waals surface area contributed by atoms with Gasteiger partial charge in [0.2, 0.25) is 11.8 Å². The minimum absolute atomic E-state index is 0.0151. The highest BCUT2D eigenvalue weighted by molar-refractivity contribution is 6.22. The smallest absolute Gasteiger partial charge is 0.237 e. The Morgan fingerprint density at radius 1 is 1.05 bits per heavy atom. The second-order valence-electron chi connectivity index (χ2n) is 6.32. The van der Waals surface area contributed by atoms with Gasteiger partial charge in [0.1, 0.15) is 5.75 Å². The molecule has 3 fully saturated rings. The van der Waals surface area contributed by atoms with Crippen molar-refractivity contribution in [2.75, 3.05) is 11.5 Å². The lowest BCUT2D eigenvalue weighted by molar-refractivity contribution is -0.123. The van der Waals surface area contributed by atoms with Crippen molar-refractivity contribution in [2.45, 2.75) is 26.2 Å². The van der Waals surface area contributed by atoms with Gasteiger partial charge in [0.25, 0.3) is 0 Å². The van der Waals surface area contributed by atoms with Crippen LogP contribution in [0.1, 0.15) is 26.2 Å². The first-order chi connectivity index (χ1) is 10.2. The van der Waals surface area contributed by atoms with Gasteiger partial charge in [-0.2, -0.15) is 0 Å². The second kappa shape index (κ2) is 4.58. The van der Waals surface area contributed by atoms with Crippen molar-refractivity contribution >= 4 is 17.5 Å². The third-order valence-electron chi connectivity index (χ3n) is 5.33. The zero-order chi connectivity index (χ0) is 14.6. The highest BCUT2D eigenvalue weighted by Crippen LogP contribution is 2.56. The zero-order valence-electron chi connectivity index (χ0n) is 12.1. The molecular weight excluding hydrogens is 266 g/mol. The molecule has 0 aromatic heterocycles. The Hall–Kier alpha value is -1.84. The van der Waals surface area contributed by atoms with E-state index in [1.165, 1.54) is 4.90 Å². The molecule has 0 N–H and O–H groups in total. The summed E-state index contributed by atoms with van der Waals surface area (Å²) < 4.78 is 5.41. The molecule has 1 aromatic rings. The molecule has 110 valence electrons. The molecule has 1 saturated heterocycles. The lowest BCUT2D eigenvalue weighted by Crippen LogP contribution is -2.32. The summed E-state index contributed by atoms with van der Waals surface area (Å²) in [6.45, 7) is 2.53. The van der Waals surface area contributed by atoms with Gasteiger partial charge in [-0.1, -0.05) is 0 Å². The van der Waals surface area contributed by atoms with Crippen molar-refractivity contribution in [3.05, 3.63) is 24.3 Å². The van der Waals surface area contributed by atoms with Gasteiger partial charge in [0, 0.05) is 0 Å². The largest absolute Gasteiger partial charge is 0.494 e. The second-order valence-corrected chi connectivity index (χ2v) is 6.32. The Bertz CT molecular complexity index is 567. The van der Waals surface area contributed by atoms with E-state index in [0.717, 1.165) is 25.0 Å². The van der Waals surface area contributed by atoms with Crippen molar-refractivity contribution in [1.82, 2.24) is 0 Å². The van der Waals surface area contributed by atoms with Crippen LogP contribution in [-0.2, 0) is 9.59 Å². The Balaban J connectivity index is 1.64. The fourth-order valence-corrected chi connectivity index (χ4v) is 4.52. The van der Waals surface area contributed by atoms with E-state index in [2.05, 4.69) is 0 Å². The van der Waals surface area contributed by atoms with Gasteiger partial charge < -0.3 is 4.74 Å². The molecule has 21 heavy (non-hydrogen) atoms. The summed E-state index contributed by atoms with van der Waals surface area (Å²) in [6, 6.07) is 7.26. The van der Waals surface area contributed by atoms with Crippen molar-refractivity contribution in [3.8, 4) is 5.75 Å². The third-order valence-corrected chi connectivity index (χ3v) is 5.33. The summed E-state index contributed by atoms with van der Waals surface area (Å²) in [5.74, 6) is 1.56. The zero-order valence-corrected chi connectivity index (χ0v) is 12.1. The van der Waals surface area contributed by atoms with Crippen molar-refractivity contribution in [2.24, 2.45) is 23.7 Å². The van der Waals surface area contributed by atoms with Crippen LogP contribution in [0.4, 0.5) is 5.69 Å². The molecule has 2 aliphatic carbocycles. The van der Waals surface area contributed by atoms with Crippen molar-refractivity contribution in [3.63, 3.8) is 0 Å². The van der Waals surface area contributed by atoms with Gasteiger partial charge in [-0.05, 0) is 62.3 Å². The van der Waals surface area contributed by atoms with Crippen LogP contribution in [0, 0.1) is 23.7 Å². The SMILES string of the molecule is CCOc1ccc(N2C(=O)C3C4CCC(C4)C3C2=O)cc1. The number of carbonyl (C=O) groups is 2. The van der Waals surface area contributed by atoms with Crippen LogP contribution in [0.2, 0.25) is 0 Å². The summed E-state index contributed by atoms with van der Waals surface area (Å²) >= 11 is 0. The topological polar surface area (TPSA) is 46.6 Å². The molecule has 2 saturated carbocycles. The molecule has 4 heteroatoms. The standard InChI is InChI=1S/C17H19NO3/c1-2-21-13-7-5-12(6-8-13)18-16(19)14-10-3-4-11(9-10)15(14)17(18)20/h5-8,10-11,14-15H,2-4,9H2,1H3. The predicted molar refractivity (Wildman–Crippen MR) is 77.9 cm³/mol. The normalized spacial score (nSPS) is 33.7. The molecule has 0 spiro atoms. The maximum Gasteiger partial charge on any atom is 0.237 e. The summed E-state index contributed by atoms with van der Waals surface area (Å²) in [4.78, 5) is 26.8. The number of carbonyl (C=O) groups excluding carboxylic acids is 2. The van der Waals surface area contributed by atoms with Crippen LogP contribution in [0.5, 0.6) is 5.75 Å². The average Bonchev–Trinajstić information content (AvgIpc) is 3.15. The number of rotatable bonds is 3. The molecule has 2 bridgehead atoms. The van der Waals surface area contributed by atoms with E-state index >= 15 is 0 Å². The van der Waals surface area contributed by atoms with Gasteiger partial charge in [0.15, 0.2) is 0 Å². The van der Waals surface area contributed by atoms with E-state index in [4.69, 9.17) is 4.74 Å². The van der Waals surface area contributed by atoms with E-state index in [-0.39, 0.29) is 23.7 Å². The Kier molecular flexibility index (Phi) is 2.81. The molecular formula is C17H19NO3. The number of amides is 2. The number of nitrogens with zero attached hydrogens (tertiary/aromatic N) is 1. The Labute approximate surface area is 124 Å². The van der Waals surface area contributed by atoms with Crippen LogP contribution in [-0.4, -0.2) is 18.4 Å². The van der Waals surface area contributed by atoms with E-state index in [1.54, 1.807) is 0 Å². The average molecular weight is 285 g/mol. The predicted octanol–water partition coefficient (Wildman–Crippen LogP) is 2.62. The van der Waals surface area contributed by atoms with Crippen molar-refractivity contribution < 1.29 is 14.3 Å². The lowest BCUT2D eigenvalue weighted by atomic mass is 9.81. The van der Waals surface area contributed by atoms with E-state index in [1.807, 2.05) is 31.2 Å². The number of ether oxygens (including phenoxy) is 1. The molecule has 1 aromatic carbocycles. The Morgan fingerprint density at radius 3 is 2.14 bits per heavy atom. The monoisotopic (exact) mass is 285 g/mol. The molecule has 2 amide bonds. The van der Waals surface area contributed by atoms with Gasteiger partial charge in [-0.15, -0.1) is 0 Å². The molecule has 4 rings (SSSR count). The van der Waals surface area contributed by atoms with Gasteiger partial charge in [-0.3, -0.25) is 14.5 Å². The molecule has 4 atom stereocenters. The van der Waals surface area contributed by atoms with Gasteiger partial charge in [0.05, 0.1) is 24.1 Å². The van der Waals surface area contributed by atoms with Crippen LogP contribution in [0.25, 0.3) is 0 Å².